The zero-order chi connectivity index (χ0) is 27.7. The van der Waals surface area contributed by atoms with E-state index in [2.05, 4.69) is 16.0 Å². The van der Waals surface area contributed by atoms with E-state index in [9.17, 15) is 33.1 Å². The molecule has 3 saturated heterocycles. The molecule has 0 aliphatic carbocycles. The van der Waals surface area contributed by atoms with Crippen molar-refractivity contribution in [1.82, 2.24) is 9.97 Å². The minimum absolute atomic E-state index is 0.0210. The Hall–Kier alpha value is -4.08. The van der Waals surface area contributed by atoms with E-state index in [4.69, 9.17) is 9.47 Å². The monoisotopic (exact) mass is 538 g/mol. The largest absolute Gasteiger partial charge is 0.477 e. The molecular weight excluding hydrogens is 517 g/mol. The molecule has 9 nitrogen and oxygen atoms in total. The molecular formula is C27H21F3N4O5. The second kappa shape index (κ2) is 8.46. The Kier molecular flexibility index (Phi) is 5.47. The lowest BCUT2D eigenvalue weighted by Gasteiger charge is -2.33. The summed E-state index contributed by atoms with van der Waals surface area (Å²) >= 11 is 0. The molecule has 4 heterocycles. The van der Waals surface area contributed by atoms with Crippen molar-refractivity contribution in [2.45, 2.75) is 43.2 Å². The number of anilines is 1. The maximum Gasteiger partial charge on any atom is 0.433 e. The standard InChI is InChI=1S/C27H21F3N4O5/c1-25-19(35)11-26(39-25,8-9-38-20-10-18(27(28,29)30)32-13-33-20)22-21(25)23(36)34(24(22)37)17-7-6-14(12-31)15-4-2-3-5-16(15)17/h2-7,10,13,19,21-22,35H,8-9,11H2,1H3. The highest BCUT2D eigenvalue weighted by atomic mass is 19.4. The normalized spacial score (nSPS) is 29.6. The Morgan fingerprint density at radius 2 is 1.87 bits per heavy atom. The fourth-order valence-corrected chi connectivity index (χ4v) is 6.34. The van der Waals surface area contributed by atoms with E-state index >= 15 is 0 Å². The first-order valence-corrected chi connectivity index (χ1v) is 12.2. The van der Waals surface area contributed by atoms with Gasteiger partial charge in [-0.15, -0.1) is 0 Å². The zero-order valence-electron chi connectivity index (χ0n) is 20.5. The van der Waals surface area contributed by atoms with Gasteiger partial charge < -0.3 is 14.6 Å². The number of carbonyl (C=O) groups excluding carboxylic acids is 2. The van der Waals surface area contributed by atoms with Gasteiger partial charge in [0.05, 0.1) is 47.5 Å². The predicted octanol–water partition coefficient (Wildman–Crippen LogP) is 3.39. The summed E-state index contributed by atoms with van der Waals surface area (Å²) in [5, 5.41) is 21.6. The van der Waals surface area contributed by atoms with Crippen LogP contribution >= 0.6 is 0 Å². The van der Waals surface area contributed by atoms with E-state index in [-0.39, 0.29) is 25.3 Å². The number of carbonyl (C=O) groups is 2. The quantitative estimate of drug-likeness (QED) is 0.490. The molecule has 200 valence electrons. The van der Waals surface area contributed by atoms with Crippen LogP contribution in [0.2, 0.25) is 0 Å². The molecule has 0 radical (unpaired) electrons. The van der Waals surface area contributed by atoms with Crippen molar-refractivity contribution >= 4 is 28.3 Å². The molecule has 3 fully saturated rings. The van der Waals surface area contributed by atoms with Crippen LogP contribution in [0.3, 0.4) is 0 Å². The second-order valence-electron chi connectivity index (χ2n) is 10.2. The van der Waals surface area contributed by atoms with Crippen LogP contribution in [0.5, 0.6) is 5.88 Å². The van der Waals surface area contributed by atoms with Gasteiger partial charge in [-0.1, -0.05) is 24.3 Å². The summed E-state index contributed by atoms with van der Waals surface area (Å²) in [5.41, 5.74) is -3.05. The maximum absolute atomic E-state index is 13.9. The Morgan fingerprint density at radius 1 is 1.15 bits per heavy atom. The first kappa shape index (κ1) is 25.2. The first-order chi connectivity index (χ1) is 18.5. The molecule has 2 aromatic carbocycles. The summed E-state index contributed by atoms with van der Waals surface area (Å²) in [5.74, 6) is -3.23. The van der Waals surface area contributed by atoms with Crippen LogP contribution in [-0.4, -0.2) is 50.8 Å². The molecule has 39 heavy (non-hydrogen) atoms. The van der Waals surface area contributed by atoms with Gasteiger partial charge >= 0.3 is 6.18 Å². The summed E-state index contributed by atoms with van der Waals surface area (Å²) in [4.78, 5) is 35.7. The lowest BCUT2D eigenvalue weighted by atomic mass is 9.66. The summed E-state index contributed by atoms with van der Waals surface area (Å²) in [6.45, 7) is 1.41. The number of halogens is 3. The van der Waals surface area contributed by atoms with Crippen LogP contribution < -0.4 is 9.64 Å². The van der Waals surface area contributed by atoms with Crippen molar-refractivity contribution in [3.05, 3.63) is 60.0 Å². The Morgan fingerprint density at radius 3 is 2.59 bits per heavy atom. The third-order valence-electron chi connectivity index (χ3n) is 8.08. The van der Waals surface area contributed by atoms with Gasteiger partial charge in [0.25, 0.3) is 0 Å². The van der Waals surface area contributed by atoms with E-state index < -0.39 is 52.8 Å². The van der Waals surface area contributed by atoms with Gasteiger partial charge in [0.2, 0.25) is 17.7 Å². The Bertz CT molecular complexity index is 1570. The third kappa shape index (κ3) is 3.60. The van der Waals surface area contributed by atoms with Crippen LogP contribution in [0.1, 0.15) is 31.0 Å². The van der Waals surface area contributed by atoms with Crippen molar-refractivity contribution in [2.75, 3.05) is 11.5 Å². The van der Waals surface area contributed by atoms with Crippen molar-refractivity contribution in [2.24, 2.45) is 11.8 Å². The maximum atomic E-state index is 13.9. The van der Waals surface area contributed by atoms with Crippen LogP contribution in [0.4, 0.5) is 18.9 Å². The average molecular weight is 538 g/mol. The zero-order valence-corrected chi connectivity index (χ0v) is 20.5. The van der Waals surface area contributed by atoms with Crippen LogP contribution in [0, 0.1) is 23.2 Å². The van der Waals surface area contributed by atoms with Crippen molar-refractivity contribution in [3.63, 3.8) is 0 Å². The van der Waals surface area contributed by atoms with E-state index in [1.54, 1.807) is 43.3 Å². The first-order valence-electron chi connectivity index (χ1n) is 12.2. The summed E-state index contributed by atoms with van der Waals surface area (Å²) in [7, 11) is 0. The SMILES string of the molecule is CC12OC(CCOc3cc(C(F)(F)F)ncn3)(CC1O)C1C(=O)N(c3ccc(C#N)c4ccccc34)C(=O)C12. The molecule has 5 atom stereocenters. The number of amides is 2. The Balaban J connectivity index is 1.32. The number of imide groups is 1. The smallest absolute Gasteiger partial charge is 0.433 e. The van der Waals surface area contributed by atoms with E-state index in [1.807, 2.05) is 0 Å². The van der Waals surface area contributed by atoms with Crippen LogP contribution in [-0.2, 0) is 20.5 Å². The third-order valence-corrected chi connectivity index (χ3v) is 8.08. The number of nitriles is 1. The minimum atomic E-state index is -4.67. The van der Waals surface area contributed by atoms with Crippen LogP contribution in [0.25, 0.3) is 10.8 Å². The minimum Gasteiger partial charge on any atom is -0.477 e. The molecule has 2 bridgehead atoms. The van der Waals surface area contributed by atoms with Gasteiger partial charge in [-0.25, -0.2) is 14.9 Å². The number of hydrogen-bond donors (Lipinski definition) is 1. The number of ether oxygens (including phenoxy) is 2. The highest BCUT2D eigenvalue weighted by Gasteiger charge is 2.77. The van der Waals surface area contributed by atoms with Crippen molar-refractivity contribution in [3.8, 4) is 11.9 Å². The van der Waals surface area contributed by atoms with Gasteiger partial charge in [0, 0.05) is 29.7 Å². The number of aliphatic hydroxyl groups excluding tert-OH is 1. The molecule has 1 aromatic heterocycles. The van der Waals surface area contributed by atoms with Crippen LogP contribution in [0.15, 0.2) is 48.8 Å². The molecule has 0 spiro atoms. The lowest BCUT2D eigenvalue weighted by molar-refractivity contribution is -0.141. The van der Waals surface area contributed by atoms with Crippen molar-refractivity contribution in [1.29, 1.82) is 5.26 Å². The topological polar surface area (TPSA) is 126 Å². The highest BCUT2D eigenvalue weighted by Crippen LogP contribution is 2.62. The van der Waals surface area contributed by atoms with E-state index in [1.165, 1.54) is 0 Å². The summed E-state index contributed by atoms with van der Waals surface area (Å²) in [6.07, 6.45) is -4.91. The number of aliphatic hydroxyl groups is 1. The number of aromatic nitrogens is 2. The van der Waals surface area contributed by atoms with Gasteiger partial charge in [0.1, 0.15) is 11.9 Å². The fraction of sp³-hybridized carbons (Fsp3) is 0.370. The second-order valence-corrected chi connectivity index (χ2v) is 10.2. The van der Waals surface area contributed by atoms with Crippen molar-refractivity contribution < 1.29 is 37.3 Å². The molecule has 6 rings (SSSR count). The molecule has 2 amide bonds. The molecule has 0 saturated carbocycles. The van der Waals surface area contributed by atoms with Gasteiger partial charge in [-0.3, -0.25) is 9.59 Å². The van der Waals surface area contributed by atoms with Gasteiger partial charge in [-0.2, -0.15) is 18.4 Å². The summed E-state index contributed by atoms with van der Waals surface area (Å²) in [6, 6.07) is 12.8. The predicted molar refractivity (Wildman–Crippen MR) is 128 cm³/mol. The lowest BCUT2D eigenvalue weighted by Crippen LogP contribution is -2.49. The molecule has 3 aliphatic heterocycles. The van der Waals surface area contributed by atoms with E-state index in [0.29, 0.717) is 28.1 Å². The molecule has 5 unspecified atom stereocenters. The highest BCUT2D eigenvalue weighted by molar-refractivity contribution is 6.26. The average Bonchev–Trinajstić information content (AvgIpc) is 3.44. The van der Waals surface area contributed by atoms with Gasteiger partial charge in [-0.05, 0) is 19.1 Å². The molecule has 3 aliphatic rings. The Labute approximate surface area is 219 Å². The fourth-order valence-electron chi connectivity index (χ4n) is 6.34. The molecule has 1 N–H and O–H groups in total. The number of nitrogens with zero attached hydrogens (tertiary/aromatic N) is 4. The van der Waals surface area contributed by atoms with E-state index in [0.717, 1.165) is 11.2 Å². The number of hydrogen-bond acceptors (Lipinski definition) is 8. The molecule has 3 aromatic rings. The van der Waals surface area contributed by atoms with Gasteiger partial charge in [0.15, 0.2) is 5.69 Å². The number of fused-ring (bicyclic) bond motifs is 6. The number of alkyl halides is 3. The molecule has 12 heteroatoms. The number of benzene rings is 2. The summed E-state index contributed by atoms with van der Waals surface area (Å²) < 4.78 is 50.7. The number of rotatable bonds is 5.